The SMILES string of the molecule is CC(C)[C@H](NC(=O)OC(C)(C)C)C(=O)n1c(CS(=O)(=O)Cc2cc3ccccc3n2C(=O)[C@@H](NC(=O)OC(C)(C)C)C(C)C)cc2ccccc21. The van der Waals surface area contributed by atoms with E-state index >= 15 is 0 Å². The van der Waals surface area contributed by atoms with Crippen molar-refractivity contribution in [2.75, 3.05) is 0 Å². The lowest BCUT2D eigenvalue weighted by Gasteiger charge is -2.26. The van der Waals surface area contributed by atoms with Crippen molar-refractivity contribution in [3.05, 3.63) is 72.1 Å². The van der Waals surface area contributed by atoms with Gasteiger partial charge in [0.1, 0.15) is 23.3 Å². The first-order chi connectivity index (χ1) is 23.6. The average Bonchev–Trinajstić information content (AvgIpc) is 3.52. The summed E-state index contributed by atoms with van der Waals surface area (Å²) in [4.78, 5) is 53.9. The summed E-state index contributed by atoms with van der Waals surface area (Å²) in [6.45, 7) is 17.4. The molecule has 0 bridgehead atoms. The van der Waals surface area contributed by atoms with Gasteiger partial charge in [-0.05, 0) is 77.6 Å². The molecule has 0 unspecified atom stereocenters. The van der Waals surface area contributed by atoms with Gasteiger partial charge in [0.2, 0.25) is 0 Å². The normalized spacial score (nSPS) is 13.7. The maximum Gasteiger partial charge on any atom is 0.408 e. The van der Waals surface area contributed by atoms with Crippen molar-refractivity contribution in [1.29, 1.82) is 0 Å². The van der Waals surface area contributed by atoms with Crippen LogP contribution in [0.4, 0.5) is 9.59 Å². The van der Waals surface area contributed by atoms with Crippen LogP contribution >= 0.6 is 0 Å². The molecule has 2 atom stereocenters. The molecular weight excluding hydrogens is 673 g/mol. The van der Waals surface area contributed by atoms with Crippen LogP contribution in [0.3, 0.4) is 0 Å². The molecule has 2 amide bonds. The molecule has 2 N–H and O–H groups in total. The Bertz CT molecular complexity index is 1900. The second-order valence-corrected chi connectivity index (χ2v) is 17.6. The van der Waals surface area contributed by atoms with E-state index in [4.69, 9.17) is 9.47 Å². The van der Waals surface area contributed by atoms with Crippen molar-refractivity contribution in [2.24, 2.45) is 11.8 Å². The number of hydrogen-bond acceptors (Lipinski definition) is 8. The van der Waals surface area contributed by atoms with E-state index in [1.807, 2.05) is 0 Å². The van der Waals surface area contributed by atoms with Gasteiger partial charge in [-0.3, -0.25) is 18.7 Å². The molecule has 0 aliphatic rings. The molecule has 4 rings (SSSR count). The molecule has 13 heteroatoms. The van der Waals surface area contributed by atoms with Crippen LogP contribution in [-0.4, -0.2) is 64.8 Å². The summed E-state index contributed by atoms with van der Waals surface area (Å²) < 4.78 is 41.8. The smallest absolute Gasteiger partial charge is 0.408 e. The highest BCUT2D eigenvalue weighted by molar-refractivity contribution is 7.89. The van der Waals surface area contributed by atoms with Gasteiger partial charge in [0.25, 0.3) is 11.8 Å². The first-order valence-corrected chi connectivity index (χ1v) is 18.9. The van der Waals surface area contributed by atoms with Crippen molar-refractivity contribution >= 4 is 55.6 Å². The minimum atomic E-state index is -4.05. The van der Waals surface area contributed by atoms with Gasteiger partial charge in [-0.1, -0.05) is 64.1 Å². The van der Waals surface area contributed by atoms with Crippen molar-refractivity contribution in [3.8, 4) is 0 Å². The third-order valence-electron chi connectivity index (χ3n) is 7.96. The van der Waals surface area contributed by atoms with Gasteiger partial charge in [0.15, 0.2) is 9.84 Å². The number of para-hydroxylation sites is 2. The molecule has 0 aliphatic heterocycles. The van der Waals surface area contributed by atoms with Gasteiger partial charge in [-0.15, -0.1) is 0 Å². The van der Waals surface area contributed by atoms with Crippen LogP contribution in [0.25, 0.3) is 21.8 Å². The van der Waals surface area contributed by atoms with Crippen LogP contribution in [0, 0.1) is 11.8 Å². The molecule has 0 saturated carbocycles. The second-order valence-electron chi connectivity index (χ2n) is 15.5. The molecule has 0 saturated heterocycles. The Hall–Kier alpha value is -4.65. The highest BCUT2D eigenvalue weighted by Crippen LogP contribution is 2.27. The number of benzene rings is 2. The van der Waals surface area contributed by atoms with E-state index in [1.54, 1.807) is 130 Å². The second kappa shape index (κ2) is 14.9. The number of carbonyl (C=O) groups excluding carboxylic acids is 4. The van der Waals surface area contributed by atoms with Gasteiger partial charge < -0.3 is 20.1 Å². The molecule has 276 valence electrons. The van der Waals surface area contributed by atoms with Crippen molar-refractivity contribution in [1.82, 2.24) is 19.8 Å². The van der Waals surface area contributed by atoms with E-state index in [2.05, 4.69) is 10.6 Å². The average molecular weight is 723 g/mol. The van der Waals surface area contributed by atoms with Crippen LogP contribution in [-0.2, 0) is 30.8 Å². The predicted molar refractivity (Wildman–Crippen MR) is 197 cm³/mol. The van der Waals surface area contributed by atoms with Gasteiger partial charge in [0, 0.05) is 22.2 Å². The fourth-order valence-electron chi connectivity index (χ4n) is 5.83. The molecule has 4 aromatic rings. The minimum Gasteiger partial charge on any atom is -0.444 e. The molecule has 12 nitrogen and oxygen atoms in total. The summed E-state index contributed by atoms with van der Waals surface area (Å²) >= 11 is 0. The van der Waals surface area contributed by atoms with Gasteiger partial charge in [-0.2, -0.15) is 0 Å². The topological polar surface area (TPSA) is 155 Å². The number of sulfone groups is 1. The Morgan fingerprint density at radius 2 is 0.961 bits per heavy atom. The van der Waals surface area contributed by atoms with E-state index < -0.39 is 68.6 Å². The Kier molecular flexibility index (Phi) is 11.4. The summed E-state index contributed by atoms with van der Waals surface area (Å²) in [6.07, 6.45) is -1.53. The van der Waals surface area contributed by atoms with Gasteiger partial charge in [-0.25, -0.2) is 18.0 Å². The number of nitrogens with zero attached hydrogens (tertiary/aromatic N) is 2. The zero-order valence-electron chi connectivity index (χ0n) is 31.1. The minimum absolute atomic E-state index is 0.207. The summed E-state index contributed by atoms with van der Waals surface area (Å²) in [5.74, 6) is -2.82. The number of alkyl carbamates (subject to hydrolysis) is 2. The number of amides is 2. The number of carbonyl (C=O) groups is 4. The molecule has 2 heterocycles. The first kappa shape index (κ1) is 39.1. The number of fused-ring (bicyclic) bond motifs is 2. The summed E-state index contributed by atoms with van der Waals surface area (Å²) in [6, 6.07) is 15.3. The molecule has 0 radical (unpaired) electrons. The van der Waals surface area contributed by atoms with Crippen LogP contribution < -0.4 is 10.6 Å². The molecule has 0 spiro atoms. The zero-order chi connectivity index (χ0) is 38.1. The highest BCUT2D eigenvalue weighted by atomic mass is 32.2. The summed E-state index contributed by atoms with van der Waals surface area (Å²) in [5, 5.41) is 6.64. The van der Waals surface area contributed by atoms with E-state index in [1.165, 1.54) is 9.13 Å². The Morgan fingerprint density at radius 1 is 0.627 bits per heavy atom. The molecule has 0 fully saturated rings. The van der Waals surface area contributed by atoms with Crippen LogP contribution in [0.1, 0.15) is 90.2 Å². The number of ether oxygens (including phenoxy) is 2. The Labute approximate surface area is 299 Å². The quantitative estimate of drug-likeness (QED) is 0.176. The molecular formula is C38H50N4O8S. The number of hydrogen-bond donors (Lipinski definition) is 2. The standard InChI is InChI=1S/C38H50N4O8S/c1-23(2)31(39-35(45)49-37(5,6)7)33(43)41-27(19-25-15-11-13-17-29(25)41)21-51(47,48)22-28-20-26-16-12-14-18-30(26)42(28)34(44)32(24(3)4)40-36(46)50-38(8,9)10/h11-20,23-24,31-32H,21-22H2,1-10H3,(H,39,45)(H,40,46)/t31-,32-/m0/s1. The third-order valence-corrected chi connectivity index (χ3v) is 9.43. The Balaban J connectivity index is 1.73. The largest absolute Gasteiger partial charge is 0.444 e. The Morgan fingerprint density at radius 3 is 1.27 bits per heavy atom. The lowest BCUT2D eigenvalue weighted by Crippen LogP contribution is -2.48. The molecule has 51 heavy (non-hydrogen) atoms. The first-order valence-electron chi connectivity index (χ1n) is 17.0. The maximum absolute atomic E-state index is 14.2. The molecule has 2 aromatic heterocycles. The monoisotopic (exact) mass is 722 g/mol. The summed E-state index contributed by atoms with van der Waals surface area (Å²) in [7, 11) is -4.05. The predicted octanol–water partition coefficient (Wildman–Crippen LogP) is 7.09. The van der Waals surface area contributed by atoms with Crippen molar-refractivity contribution in [3.63, 3.8) is 0 Å². The van der Waals surface area contributed by atoms with E-state index in [9.17, 15) is 27.6 Å². The van der Waals surface area contributed by atoms with E-state index in [-0.39, 0.29) is 23.2 Å². The van der Waals surface area contributed by atoms with E-state index in [0.717, 1.165) is 0 Å². The number of aromatic nitrogens is 2. The fraction of sp³-hybridized carbons (Fsp3) is 0.474. The van der Waals surface area contributed by atoms with Crippen LogP contribution in [0.2, 0.25) is 0 Å². The van der Waals surface area contributed by atoms with Gasteiger partial charge >= 0.3 is 12.2 Å². The van der Waals surface area contributed by atoms with Crippen molar-refractivity contribution in [2.45, 2.75) is 104 Å². The van der Waals surface area contributed by atoms with Crippen LogP contribution in [0.5, 0.6) is 0 Å². The van der Waals surface area contributed by atoms with Crippen molar-refractivity contribution < 1.29 is 37.1 Å². The number of rotatable bonds is 10. The molecule has 0 aliphatic carbocycles. The fourth-order valence-corrected chi connectivity index (χ4v) is 7.26. The summed E-state index contributed by atoms with van der Waals surface area (Å²) in [5.41, 5.74) is -0.196. The van der Waals surface area contributed by atoms with Gasteiger partial charge in [0.05, 0.1) is 22.5 Å². The number of nitrogens with one attached hydrogen (secondary N) is 2. The zero-order valence-corrected chi connectivity index (χ0v) is 31.9. The highest BCUT2D eigenvalue weighted by Gasteiger charge is 2.33. The molecule has 2 aromatic carbocycles. The maximum atomic E-state index is 14.2. The lowest BCUT2D eigenvalue weighted by molar-refractivity contribution is 0.0459. The van der Waals surface area contributed by atoms with Crippen LogP contribution in [0.15, 0.2) is 60.7 Å². The lowest BCUT2D eigenvalue weighted by atomic mass is 10.0. The third kappa shape index (κ3) is 9.78. The van der Waals surface area contributed by atoms with E-state index in [0.29, 0.717) is 21.8 Å².